The Balaban J connectivity index is 3.06. The Labute approximate surface area is 71.6 Å². The number of hydrogen-bond donors (Lipinski definition) is 2. The van der Waals surface area contributed by atoms with Gasteiger partial charge in [0.1, 0.15) is 0 Å². The van der Waals surface area contributed by atoms with Crippen LogP contribution < -0.4 is 10.6 Å². The van der Waals surface area contributed by atoms with Crippen molar-refractivity contribution in [2.75, 3.05) is 24.7 Å². The van der Waals surface area contributed by atoms with E-state index >= 15 is 0 Å². The van der Waals surface area contributed by atoms with Crippen LogP contribution in [0.15, 0.2) is 18.2 Å². The summed E-state index contributed by atoms with van der Waals surface area (Å²) in [6, 6.07) is 5.68. The van der Waals surface area contributed by atoms with Crippen molar-refractivity contribution < 1.29 is 0 Å². The van der Waals surface area contributed by atoms with Gasteiger partial charge in [-0.15, -0.1) is 0 Å². The lowest BCUT2D eigenvalue weighted by atomic mass is 10.2. The second kappa shape index (κ2) is 3.49. The molecule has 0 saturated heterocycles. The Morgan fingerprint density at radius 3 is 2.27 bits per heavy atom. The number of anilines is 2. The second-order valence-electron chi connectivity index (χ2n) is 2.19. The summed E-state index contributed by atoms with van der Waals surface area (Å²) in [5, 5.41) is 6.84. The SMILES string of the molecule is CNc1ccc(Cl)cc1NC. The fraction of sp³-hybridized carbons (Fsp3) is 0.250. The summed E-state index contributed by atoms with van der Waals surface area (Å²) in [6.45, 7) is 0. The first-order chi connectivity index (χ1) is 5.27. The minimum atomic E-state index is 0.744. The lowest BCUT2D eigenvalue weighted by Gasteiger charge is -2.07. The van der Waals surface area contributed by atoms with E-state index in [0.29, 0.717) is 0 Å². The molecule has 11 heavy (non-hydrogen) atoms. The molecule has 0 radical (unpaired) electrons. The molecule has 0 heterocycles. The van der Waals surface area contributed by atoms with Crippen LogP contribution in [0.3, 0.4) is 0 Å². The number of halogens is 1. The zero-order valence-electron chi connectivity index (χ0n) is 6.61. The minimum absolute atomic E-state index is 0.744. The molecule has 0 aliphatic heterocycles. The molecule has 3 heteroatoms. The Morgan fingerprint density at radius 1 is 1.09 bits per heavy atom. The van der Waals surface area contributed by atoms with Crippen LogP contribution in [-0.2, 0) is 0 Å². The van der Waals surface area contributed by atoms with Crippen molar-refractivity contribution in [2.45, 2.75) is 0 Å². The molecule has 0 fully saturated rings. The second-order valence-corrected chi connectivity index (χ2v) is 2.63. The van der Waals surface area contributed by atoms with Crippen molar-refractivity contribution in [3.05, 3.63) is 23.2 Å². The van der Waals surface area contributed by atoms with Crippen molar-refractivity contribution in [2.24, 2.45) is 0 Å². The Morgan fingerprint density at radius 2 is 1.73 bits per heavy atom. The molecule has 1 aromatic rings. The van der Waals surface area contributed by atoms with Gasteiger partial charge in [-0.1, -0.05) is 11.6 Å². The predicted molar refractivity (Wildman–Crippen MR) is 50.5 cm³/mol. The van der Waals surface area contributed by atoms with Crippen LogP contribution in [0.1, 0.15) is 0 Å². The topological polar surface area (TPSA) is 24.1 Å². The highest BCUT2D eigenvalue weighted by atomic mass is 35.5. The average Bonchev–Trinajstić information content (AvgIpc) is 2.04. The van der Waals surface area contributed by atoms with E-state index in [1.54, 1.807) is 0 Å². The summed E-state index contributed by atoms with van der Waals surface area (Å²) in [4.78, 5) is 0. The average molecular weight is 171 g/mol. The largest absolute Gasteiger partial charge is 0.386 e. The number of rotatable bonds is 2. The first kappa shape index (κ1) is 8.21. The first-order valence-corrected chi connectivity index (χ1v) is 3.80. The summed E-state index contributed by atoms with van der Waals surface area (Å²) in [5.74, 6) is 0. The van der Waals surface area contributed by atoms with Crippen LogP contribution in [0.2, 0.25) is 5.02 Å². The van der Waals surface area contributed by atoms with E-state index in [4.69, 9.17) is 11.6 Å². The zero-order chi connectivity index (χ0) is 8.27. The molecule has 1 rings (SSSR count). The molecule has 0 spiro atoms. The van der Waals surface area contributed by atoms with Crippen molar-refractivity contribution >= 4 is 23.0 Å². The maximum atomic E-state index is 5.78. The maximum absolute atomic E-state index is 5.78. The van der Waals surface area contributed by atoms with E-state index in [9.17, 15) is 0 Å². The summed E-state index contributed by atoms with van der Waals surface area (Å²) in [7, 11) is 3.75. The van der Waals surface area contributed by atoms with E-state index in [-0.39, 0.29) is 0 Å². The van der Waals surface area contributed by atoms with Gasteiger partial charge in [0.05, 0.1) is 11.4 Å². The van der Waals surface area contributed by atoms with Gasteiger partial charge in [-0.2, -0.15) is 0 Å². The molecule has 0 atom stereocenters. The van der Waals surface area contributed by atoms with E-state index in [1.165, 1.54) is 0 Å². The molecule has 0 aliphatic carbocycles. The van der Waals surface area contributed by atoms with Crippen molar-refractivity contribution in [3.8, 4) is 0 Å². The molecule has 2 N–H and O–H groups in total. The lowest BCUT2D eigenvalue weighted by molar-refractivity contribution is 1.45. The Kier molecular flexibility index (Phi) is 2.60. The first-order valence-electron chi connectivity index (χ1n) is 3.43. The molecular weight excluding hydrogens is 160 g/mol. The molecule has 0 amide bonds. The highest BCUT2D eigenvalue weighted by Gasteiger charge is 1.97. The lowest BCUT2D eigenvalue weighted by Crippen LogP contribution is -1.95. The Bertz CT molecular complexity index is 248. The molecular formula is C8H11ClN2. The monoisotopic (exact) mass is 170 g/mol. The quantitative estimate of drug-likeness (QED) is 0.713. The van der Waals surface area contributed by atoms with Gasteiger partial charge in [0, 0.05) is 19.1 Å². The minimum Gasteiger partial charge on any atom is -0.386 e. The fourth-order valence-corrected chi connectivity index (χ4v) is 1.11. The number of nitrogens with one attached hydrogen (secondary N) is 2. The van der Waals surface area contributed by atoms with E-state index in [2.05, 4.69) is 10.6 Å². The molecule has 0 unspecified atom stereocenters. The van der Waals surface area contributed by atoms with Gasteiger partial charge in [-0.25, -0.2) is 0 Å². The van der Waals surface area contributed by atoms with Crippen molar-refractivity contribution in [1.29, 1.82) is 0 Å². The summed E-state index contributed by atoms with van der Waals surface area (Å²) < 4.78 is 0. The third kappa shape index (κ3) is 1.77. The van der Waals surface area contributed by atoms with Crippen molar-refractivity contribution in [1.82, 2.24) is 0 Å². The molecule has 0 aromatic heterocycles. The molecule has 0 saturated carbocycles. The van der Waals surface area contributed by atoms with Crippen LogP contribution in [0, 0.1) is 0 Å². The Hall–Kier alpha value is -0.890. The summed E-state index contributed by atoms with van der Waals surface area (Å²) >= 11 is 5.78. The van der Waals surface area contributed by atoms with Crippen molar-refractivity contribution in [3.63, 3.8) is 0 Å². The number of hydrogen-bond acceptors (Lipinski definition) is 2. The molecule has 0 aliphatic rings. The standard InChI is InChI=1S/C8H11ClN2/c1-10-7-4-3-6(9)5-8(7)11-2/h3-5,10-11H,1-2H3. The smallest absolute Gasteiger partial charge is 0.0588 e. The van der Waals surface area contributed by atoms with Gasteiger partial charge in [0.15, 0.2) is 0 Å². The molecule has 60 valence electrons. The van der Waals surface area contributed by atoms with Crippen LogP contribution >= 0.6 is 11.6 Å². The molecule has 2 nitrogen and oxygen atoms in total. The van der Waals surface area contributed by atoms with E-state index in [1.807, 2.05) is 32.3 Å². The summed E-state index contributed by atoms with van der Waals surface area (Å²) in [6.07, 6.45) is 0. The van der Waals surface area contributed by atoms with Gasteiger partial charge >= 0.3 is 0 Å². The van der Waals surface area contributed by atoms with Crippen LogP contribution in [-0.4, -0.2) is 14.1 Å². The van der Waals surface area contributed by atoms with Gasteiger partial charge < -0.3 is 10.6 Å². The zero-order valence-corrected chi connectivity index (χ0v) is 7.37. The third-order valence-electron chi connectivity index (χ3n) is 1.52. The van der Waals surface area contributed by atoms with E-state index < -0.39 is 0 Å². The fourth-order valence-electron chi connectivity index (χ4n) is 0.941. The maximum Gasteiger partial charge on any atom is 0.0588 e. The molecule has 1 aromatic carbocycles. The number of benzene rings is 1. The van der Waals surface area contributed by atoms with Gasteiger partial charge in [0.25, 0.3) is 0 Å². The highest BCUT2D eigenvalue weighted by Crippen LogP contribution is 2.24. The van der Waals surface area contributed by atoms with Gasteiger partial charge in [-0.3, -0.25) is 0 Å². The van der Waals surface area contributed by atoms with Crippen LogP contribution in [0.25, 0.3) is 0 Å². The third-order valence-corrected chi connectivity index (χ3v) is 1.76. The normalized spacial score (nSPS) is 9.36. The predicted octanol–water partition coefficient (Wildman–Crippen LogP) is 2.42. The summed E-state index contributed by atoms with van der Waals surface area (Å²) in [5.41, 5.74) is 2.07. The van der Waals surface area contributed by atoms with Crippen LogP contribution in [0.5, 0.6) is 0 Å². The molecule has 0 bridgehead atoms. The highest BCUT2D eigenvalue weighted by molar-refractivity contribution is 6.31. The van der Waals surface area contributed by atoms with Crippen LogP contribution in [0.4, 0.5) is 11.4 Å². The van der Waals surface area contributed by atoms with Gasteiger partial charge in [-0.05, 0) is 18.2 Å². The van der Waals surface area contributed by atoms with Gasteiger partial charge in [0.2, 0.25) is 0 Å². The van der Waals surface area contributed by atoms with E-state index in [0.717, 1.165) is 16.4 Å².